The van der Waals surface area contributed by atoms with E-state index in [1.165, 1.54) is 12.3 Å². The molecule has 32 heavy (non-hydrogen) atoms. The molecule has 1 saturated heterocycles. The summed E-state index contributed by atoms with van der Waals surface area (Å²) in [5, 5.41) is 9.47. The Bertz CT molecular complexity index is 1040. The predicted octanol–water partition coefficient (Wildman–Crippen LogP) is -4.15. The van der Waals surface area contributed by atoms with Gasteiger partial charge in [0.1, 0.15) is 24.7 Å². The summed E-state index contributed by atoms with van der Waals surface area (Å²) in [6, 6.07) is -3.48. The molecular weight excluding hydrogens is 505 g/mol. The molecule has 18 heteroatoms. The van der Waals surface area contributed by atoms with Crippen molar-refractivity contribution < 1.29 is 72.7 Å². The molecule has 1 aromatic heterocycles. The van der Waals surface area contributed by atoms with Gasteiger partial charge in [-0.1, -0.05) is 5.16 Å². The summed E-state index contributed by atoms with van der Waals surface area (Å²) in [5.41, 5.74) is -0.494. The van der Waals surface area contributed by atoms with E-state index in [2.05, 4.69) is 25.6 Å². The Labute approximate surface area is 214 Å². The zero-order chi connectivity index (χ0) is 23.3. The zero-order valence-electron chi connectivity index (χ0n) is 17.9. The maximum Gasteiger partial charge on any atom is 1.00 e. The van der Waals surface area contributed by atoms with Crippen molar-refractivity contribution in [3.8, 4) is 0 Å². The second-order valence-electron chi connectivity index (χ2n) is 5.60. The standard InChI is InChI=1S/C14H16ClN5O9S2.Na.H/c1-3-29-13(24)10-9(12(23)20(10)31(25,26)27)18-11(22)8(19-28-2)6-5-30-14(16-6)17-7(21)4-15;;/h5,9-10H,3-4H2,1-2H3,(H,18,22)(H,16,17,21)(H,25,26,27);;/q;+1;-1/b19-8-;;. The van der Waals surface area contributed by atoms with Crippen LogP contribution in [0.3, 0.4) is 0 Å². The number of amides is 3. The van der Waals surface area contributed by atoms with Gasteiger partial charge in [0.25, 0.3) is 11.8 Å². The third kappa shape index (κ3) is 6.37. The average Bonchev–Trinajstić information content (AvgIpc) is 3.14. The van der Waals surface area contributed by atoms with Crippen LogP contribution >= 0.6 is 22.9 Å². The molecule has 1 aromatic rings. The third-order valence-electron chi connectivity index (χ3n) is 3.63. The fourth-order valence-electron chi connectivity index (χ4n) is 2.42. The number of ether oxygens (including phenoxy) is 1. The summed E-state index contributed by atoms with van der Waals surface area (Å²) in [4.78, 5) is 56.8. The van der Waals surface area contributed by atoms with Gasteiger partial charge in [-0.3, -0.25) is 18.9 Å². The Balaban J connectivity index is 0.00000512. The molecule has 2 heterocycles. The number of anilines is 1. The van der Waals surface area contributed by atoms with Gasteiger partial charge in [-0.2, -0.15) is 12.7 Å². The first-order chi connectivity index (χ1) is 14.5. The number of hydrogen-bond acceptors (Lipinski definition) is 11. The van der Waals surface area contributed by atoms with E-state index >= 15 is 0 Å². The predicted molar refractivity (Wildman–Crippen MR) is 107 cm³/mol. The summed E-state index contributed by atoms with van der Waals surface area (Å²) in [7, 11) is -3.94. The molecule has 3 N–H and O–H groups in total. The van der Waals surface area contributed by atoms with Crippen LogP contribution in [0.2, 0.25) is 0 Å². The number of carbonyl (C=O) groups is 4. The maximum absolute atomic E-state index is 12.7. The SMILES string of the molecule is CCOC(=O)C1C(NC(=O)/C(=N\OC)c2csc(NC(=O)CCl)n2)C(=O)N1S(=O)(=O)O.[H-].[Na+]. The second kappa shape index (κ2) is 11.9. The first kappa shape index (κ1) is 28.2. The molecule has 0 aromatic carbocycles. The molecule has 14 nitrogen and oxygen atoms in total. The average molecular weight is 522 g/mol. The van der Waals surface area contributed by atoms with Crippen LogP contribution < -0.4 is 40.2 Å². The minimum atomic E-state index is -5.07. The zero-order valence-corrected chi connectivity index (χ0v) is 21.3. The Kier molecular flexibility index (Phi) is 10.5. The van der Waals surface area contributed by atoms with Gasteiger partial charge in [0, 0.05) is 5.38 Å². The molecule has 0 spiro atoms. The van der Waals surface area contributed by atoms with Gasteiger partial charge in [-0.15, -0.1) is 22.9 Å². The molecule has 1 aliphatic heterocycles. The van der Waals surface area contributed by atoms with Gasteiger partial charge in [0.05, 0.1) is 6.61 Å². The van der Waals surface area contributed by atoms with Crippen molar-refractivity contribution in [2.24, 2.45) is 5.16 Å². The molecule has 1 aliphatic rings. The minimum Gasteiger partial charge on any atom is -1.00 e. The maximum atomic E-state index is 12.7. The first-order valence-electron chi connectivity index (χ1n) is 8.26. The summed E-state index contributed by atoms with van der Waals surface area (Å²) in [6.07, 6.45) is 0. The van der Waals surface area contributed by atoms with Crippen LogP contribution in [0.25, 0.3) is 0 Å². The van der Waals surface area contributed by atoms with Crippen molar-refractivity contribution in [2.45, 2.75) is 19.0 Å². The topological polar surface area (TPSA) is 194 Å². The van der Waals surface area contributed by atoms with Gasteiger partial charge in [0.2, 0.25) is 5.91 Å². The summed E-state index contributed by atoms with van der Waals surface area (Å²) in [6.45, 7) is 1.30. The number of alkyl halides is 1. The van der Waals surface area contributed by atoms with E-state index in [0.29, 0.717) is 0 Å². The molecule has 0 aliphatic carbocycles. The Morgan fingerprint density at radius 3 is 2.62 bits per heavy atom. The normalized spacial score (nSPS) is 18.2. The van der Waals surface area contributed by atoms with Gasteiger partial charge in [0.15, 0.2) is 16.9 Å². The number of rotatable bonds is 9. The largest absolute Gasteiger partial charge is 1.00 e. The first-order valence-corrected chi connectivity index (χ1v) is 11.1. The summed E-state index contributed by atoms with van der Waals surface area (Å²) in [5.74, 6) is -4.34. The monoisotopic (exact) mass is 521 g/mol. The summed E-state index contributed by atoms with van der Waals surface area (Å²) < 4.78 is 36.6. The fourth-order valence-corrected chi connectivity index (χ4v) is 4.03. The van der Waals surface area contributed by atoms with E-state index in [9.17, 15) is 32.1 Å². The Morgan fingerprint density at radius 2 is 2.09 bits per heavy atom. The van der Waals surface area contributed by atoms with Crippen molar-refractivity contribution in [1.29, 1.82) is 0 Å². The number of oxime groups is 1. The van der Waals surface area contributed by atoms with Gasteiger partial charge >= 0.3 is 45.8 Å². The van der Waals surface area contributed by atoms with Crippen LogP contribution in [0.4, 0.5) is 5.13 Å². The molecule has 2 rings (SSSR count). The van der Waals surface area contributed by atoms with Crippen LogP contribution in [0.5, 0.6) is 0 Å². The number of thiazole rings is 1. The van der Waals surface area contributed by atoms with E-state index in [0.717, 1.165) is 18.4 Å². The van der Waals surface area contributed by atoms with Crippen LogP contribution in [-0.2, 0) is 39.1 Å². The molecule has 2 unspecified atom stereocenters. The molecule has 0 bridgehead atoms. The van der Waals surface area contributed by atoms with Gasteiger partial charge in [-0.05, 0) is 6.92 Å². The van der Waals surface area contributed by atoms with E-state index in [-0.39, 0.29) is 58.6 Å². The number of carbonyl (C=O) groups excluding carboxylic acids is 4. The number of esters is 1. The smallest absolute Gasteiger partial charge is 1.00 e. The van der Waals surface area contributed by atoms with E-state index in [1.807, 2.05) is 0 Å². The van der Waals surface area contributed by atoms with Crippen molar-refractivity contribution >= 4 is 67.8 Å². The molecule has 0 radical (unpaired) electrons. The molecule has 172 valence electrons. The number of aromatic nitrogens is 1. The van der Waals surface area contributed by atoms with Crippen molar-refractivity contribution in [3.05, 3.63) is 11.1 Å². The van der Waals surface area contributed by atoms with Crippen LogP contribution in [0.1, 0.15) is 14.0 Å². The van der Waals surface area contributed by atoms with Gasteiger partial charge < -0.3 is 21.6 Å². The van der Waals surface area contributed by atoms with E-state index < -0.39 is 51.8 Å². The number of hydrogen-bond donors (Lipinski definition) is 3. The Morgan fingerprint density at radius 1 is 1.44 bits per heavy atom. The molecule has 2 atom stereocenters. The molecule has 3 amide bonds. The number of nitrogens with one attached hydrogen (secondary N) is 2. The number of halogens is 1. The van der Waals surface area contributed by atoms with E-state index in [4.69, 9.17) is 16.3 Å². The second-order valence-corrected chi connectivity index (χ2v) is 8.02. The van der Waals surface area contributed by atoms with Crippen LogP contribution in [0, 0.1) is 0 Å². The van der Waals surface area contributed by atoms with Crippen LogP contribution in [-0.4, -0.2) is 83.3 Å². The number of nitrogens with zero attached hydrogens (tertiary/aromatic N) is 3. The van der Waals surface area contributed by atoms with Gasteiger partial charge in [-0.25, -0.2) is 9.78 Å². The Hall–Kier alpha value is -1.82. The van der Waals surface area contributed by atoms with E-state index in [1.54, 1.807) is 0 Å². The number of β-lactam (4-membered cyclic amide) rings is 1. The molecule has 1 fully saturated rings. The molecular formula is C14H17ClN5NaO9S2. The fraction of sp³-hybridized carbons (Fsp3) is 0.429. The van der Waals surface area contributed by atoms with Crippen molar-refractivity contribution in [2.75, 3.05) is 24.9 Å². The third-order valence-corrected chi connectivity index (χ3v) is 5.53. The summed E-state index contributed by atoms with van der Waals surface area (Å²) >= 11 is 6.33. The quantitative estimate of drug-likeness (QED) is 0.0546. The molecule has 0 saturated carbocycles. The van der Waals surface area contributed by atoms with Crippen molar-refractivity contribution in [3.63, 3.8) is 0 Å². The van der Waals surface area contributed by atoms with Crippen LogP contribution in [0.15, 0.2) is 10.5 Å². The minimum absolute atomic E-state index is 0. The van der Waals surface area contributed by atoms with Crippen molar-refractivity contribution in [1.82, 2.24) is 14.6 Å².